The lowest BCUT2D eigenvalue weighted by molar-refractivity contribution is -0.121. The zero-order valence-electron chi connectivity index (χ0n) is 12.9. The third kappa shape index (κ3) is 5.27. The summed E-state index contributed by atoms with van der Waals surface area (Å²) < 4.78 is 42.8. The Labute approximate surface area is 130 Å². The summed E-state index contributed by atoms with van der Waals surface area (Å²) in [6.45, 7) is 2.37. The molecule has 0 heterocycles. The first-order chi connectivity index (χ1) is 10.3. The first-order valence-electron chi connectivity index (χ1n) is 6.79. The molecule has 0 saturated heterocycles. The normalized spacial score (nSPS) is 12.7. The monoisotopic (exact) mass is 332 g/mol. The maximum atomic E-state index is 13.0. The number of methoxy groups -OCH3 is 1. The fourth-order valence-corrected chi connectivity index (χ4v) is 3.15. The van der Waals surface area contributed by atoms with E-state index in [9.17, 15) is 17.6 Å². The largest absolute Gasteiger partial charge is 0.385 e. The van der Waals surface area contributed by atoms with Gasteiger partial charge in [0.2, 0.25) is 15.9 Å². The van der Waals surface area contributed by atoms with E-state index in [4.69, 9.17) is 4.74 Å². The van der Waals surface area contributed by atoms with Crippen molar-refractivity contribution in [1.82, 2.24) is 5.32 Å². The smallest absolute Gasteiger partial charge is 0.243 e. The summed E-state index contributed by atoms with van der Waals surface area (Å²) >= 11 is 0. The van der Waals surface area contributed by atoms with Gasteiger partial charge >= 0.3 is 0 Å². The number of benzene rings is 1. The Kier molecular flexibility index (Phi) is 6.76. The van der Waals surface area contributed by atoms with E-state index in [1.54, 1.807) is 7.11 Å². The zero-order valence-corrected chi connectivity index (χ0v) is 13.7. The molecule has 0 saturated carbocycles. The highest BCUT2D eigenvalue weighted by Gasteiger charge is 2.28. The highest BCUT2D eigenvalue weighted by atomic mass is 32.2. The number of amides is 1. The van der Waals surface area contributed by atoms with Gasteiger partial charge in [-0.15, -0.1) is 0 Å². The second kappa shape index (κ2) is 8.09. The number of ether oxygens (including phenoxy) is 1. The van der Waals surface area contributed by atoms with Gasteiger partial charge in [-0.3, -0.25) is 9.10 Å². The molecule has 0 fully saturated rings. The van der Waals surface area contributed by atoms with Crippen molar-refractivity contribution in [3.05, 3.63) is 30.1 Å². The minimum Gasteiger partial charge on any atom is -0.385 e. The van der Waals surface area contributed by atoms with Gasteiger partial charge in [-0.25, -0.2) is 12.8 Å². The van der Waals surface area contributed by atoms with Crippen molar-refractivity contribution in [2.45, 2.75) is 19.4 Å². The van der Waals surface area contributed by atoms with Crippen molar-refractivity contribution in [2.24, 2.45) is 0 Å². The van der Waals surface area contributed by atoms with E-state index in [0.29, 0.717) is 19.6 Å². The highest BCUT2D eigenvalue weighted by molar-refractivity contribution is 7.92. The van der Waals surface area contributed by atoms with Gasteiger partial charge in [-0.2, -0.15) is 0 Å². The molecule has 0 spiro atoms. The summed E-state index contributed by atoms with van der Waals surface area (Å²) in [5.74, 6) is -0.903. The molecule has 0 aliphatic carbocycles. The molecule has 0 aliphatic heterocycles. The molecular weight excluding hydrogens is 311 g/mol. The van der Waals surface area contributed by atoms with Gasteiger partial charge in [0.05, 0.1) is 11.9 Å². The maximum absolute atomic E-state index is 13.0. The summed E-state index contributed by atoms with van der Waals surface area (Å²) in [6, 6.07) is 4.01. The van der Waals surface area contributed by atoms with E-state index < -0.39 is 27.8 Å². The number of carbonyl (C=O) groups is 1. The van der Waals surface area contributed by atoms with Gasteiger partial charge in [0.15, 0.2) is 0 Å². The molecule has 1 amide bonds. The minimum atomic E-state index is -3.68. The number of carbonyl (C=O) groups excluding carboxylic acids is 1. The Bertz CT molecular complexity index is 589. The second-order valence-electron chi connectivity index (χ2n) is 4.85. The van der Waals surface area contributed by atoms with Crippen LogP contribution in [0.15, 0.2) is 24.3 Å². The average Bonchev–Trinajstić information content (AvgIpc) is 2.44. The summed E-state index contributed by atoms with van der Waals surface area (Å²) in [5.41, 5.74) is 0.239. The van der Waals surface area contributed by atoms with Crippen LogP contribution in [-0.2, 0) is 19.6 Å². The Morgan fingerprint density at radius 1 is 1.36 bits per heavy atom. The molecule has 1 aromatic carbocycles. The average molecular weight is 332 g/mol. The van der Waals surface area contributed by atoms with E-state index in [1.165, 1.54) is 19.1 Å². The second-order valence-corrected chi connectivity index (χ2v) is 6.71. The molecule has 1 N–H and O–H groups in total. The molecule has 0 aromatic heterocycles. The Balaban J connectivity index is 2.88. The Morgan fingerprint density at radius 3 is 2.45 bits per heavy atom. The van der Waals surface area contributed by atoms with Crippen molar-refractivity contribution in [3.63, 3.8) is 0 Å². The molecule has 1 aromatic rings. The van der Waals surface area contributed by atoms with Crippen LogP contribution in [0.2, 0.25) is 0 Å². The molecule has 0 unspecified atom stereocenters. The van der Waals surface area contributed by atoms with Crippen LogP contribution in [-0.4, -0.2) is 46.9 Å². The van der Waals surface area contributed by atoms with Crippen LogP contribution in [0.3, 0.4) is 0 Å². The molecular formula is C14H21FN2O4S. The van der Waals surface area contributed by atoms with Gasteiger partial charge in [-0.05, 0) is 37.6 Å². The van der Waals surface area contributed by atoms with Crippen molar-refractivity contribution in [2.75, 3.05) is 30.8 Å². The van der Waals surface area contributed by atoms with Gasteiger partial charge in [0, 0.05) is 20.3 Å². The van der Waals surface area contributed by atoms with E-state index in [0.717, 1.165) is 22.7 Å². The molecule has 6 nitrogen and oxygen atoms in total. The van der Waals surface area contributed by atoms with E-state index in [-0.39, 0.29) is 5.69 Å². The summed E-state index contributed by atoms with van der Waals surface area (Å²) in [7, 11) is -2.13. The number of halogens is 1. The van der Waals surface area contributed by atoms with Crippen LogP contribution in [0, 0.1) is 5.82 Å². The molecule has 0 aliphatic rings. The van der Waals surface area contributed by atoms with Crippen LogP contribution < -0.4 is 9.62 Å². The van der Waals surface area contributed by atoms with Crippen molar-refractivity contribution < 1.29 is 22.3 Å². The molecule has 1 atom stereocenters. The van der Waals surface area contributed by atoms with E-state index in [1.807, 2.05) is 0 Å². The van der Waals surface area contributed by atoms with E-state index >= 15 is 0 Å². The van der Waals surface area contributed by atoms with Gasteiger partial charge < -0.3 is 10.1 Å². The number of hydrogen-bond donors (Lipinski definition) is 1. The summed E-state index contributed by atoms with van der Waals surface area (Å²) in [5, 5.41) is 2.65. The van der Waals surface area contributed by atoms with Crippen LogP contribution >= 0.6 is 0 Å². The molecule has 22 heavy (non-hydrogen) atoms. The lowest BCUT2D eigenvalue weighted by atomic mass is 10.2. The quantitative estimate of drug-likeness (QED) is 0.724. The van der Waals surface area contributed by atoms with Crippen LogP contribution in [0.1, 0.15) is 13.3 Å². The zero-order chi connectivity index (χ0) is 16.8. The van der Waals surface area contributed by atoms with Crippen molar-refractivity contribution in [1.29, 1.82) is 0 Å². The van der Waals surface area contributed by atoms with Crippen molar-refractivity contribution in [3.8, 4) is 0 Å². The maximum Gasteiger partial charge on any atom is 0.243 e. The molecule has 0 radical (unpaired) electrons. The number of nitrogens with one attached hydrogen (secondary N) is 1. The van der Waals surface area contributed by atoms with Crippen molar-refractivity contribution >= 4 is 21.6 Å². The van der Waals surface area contributed by atoms with E-state index in [2.05, 4.69) is 5.32 Å². The predicted octanol–water partition coefficient (Wildman–Crippen LogP) is 1.13. The number of rotatable bonds is 8. The Morgan fingerprint density at radius 2 is 1.95 bits per heavy atom. The predicted molar refractivity (Wildman–Crippen MR) is 82.7 cm³/mol. The summed E-state index contributed by atoms with van der Waals surface area (Å²) in [4.78, 5) is 12.1. The molecule has 1 rings (SSSR count). The van der Waals surface area contributed by atoms with Crippen LogP contribution in [0.5, 0.6) is 0 Å². The first-order valence-corrected chi connectivity index (χ1v) is 8.64. The molecule has 124 valence electrons. The number of nitrogens with zero attached hydrogens (tertiary/aromatic N) is 1. The Hall–Kier alpha value is -1.67. The first kappa shape index (κ1) is 18.4. The summed E-state index contributed by atoms with van der Waals surface area (Å²) in [6.07, 6.45) is 1.63. The lowest BCUT2D eigenvalue weighted by Gasteiger charge is -2.28. The third-order valence-corrected chi connectivity index (χ3v) is 4.24. The van der Waals surface area contributed by atoms with Crippen LogP contribution in [0.4, 0.5) is 10.1 Å². The molecule has 0 bridgehead atoms. The van der Waals surface area contributed by atoms with Crippen LogP contribution in [0.25, 0.3) is 0 Å². The SMILES string of the molecule is COCCCNC(=O)[C@H](C)N(c1ccc(F)cc1)S(C)(=O)=O. The lowest BCUT2D eigenvalue weighted by Crippen LogP contribution is -2.48. The fraction of sp³-hybridized carbons (Fsp3) is 0.500. The topological polar surface area (TPSA) is 75.7 Å². The highest BCUT2D eigenvalue weighted by Crippen LogP contribution is 2.21. The third-order valence-electron chi connectivity index (χ3n) is 2.99. The number of sulfonamides is 1. The minimum absolute atomic E-state index is 0.239. The van der Waals surface area contributed by atoms with Gasteiger partial charge in [0.25, 0.3) is 0 Å². The molecule has 8 heteroatoms. The van der Waals surface area contributed by atoms with Gasteiger partial charge in [0.1, 0.15) is 11.9 Å². The number of anilines is 1. The van der Waals surface area contributed by atoms with Gasteiger partial charge in [-0.1, -0.05) is 0 Å². The standard InChI is InChI=1S/C14H21FN2O4S/c1-11(14(18)16-9-4-10-21-2)17(22(3,19)20)13-7-5-12(15)6-8-13/h5-8,11H,4,9-10H2,1-3H3,(H,16,18)/t11-/m0/s1. The number of hydrogen-bond acceptors (Lipinski definition) is 4. The fourth-order valence-electron chi connectivity index (χ4n) is 1.97.